The lowest BCUT2D eigenvalue weighted by molar-refractivity contribution is 0.370. The minimum absolute atomic E-state index is 0.225. The topological polar surface area (TPSA) is 41.5 Å². The molecule has 1 aromatic carbocycles. The zero-order valence-electron chi connectivity index (χ0n) is 11.6. The molecule has 0 aliphatic heterocycles. The number of ether oxygens (including phenoxy) is 1. The average Bonchev–Trinajstić information content (AvgIpc) is 3.28. The molecule has 0 heterocycles. The molecule has 0 atom stereocenters. The van der Waals surface area contributed by atoms with Gasteiger partial charge in [0.2, 0.25) is 0 Å². The molecule has 3 heteroatoms. The monoisotopic (exact) mass is 261 g/mol. The Hall–Kier alpha value is -1.22. The van der Waals surface area contributed by atoms with Crippen molar-refractivity contribution >= 4 is 0 Å². The third-order valence-electron chi connectivity index (χ3n) is 4.41. The van der Waals surface area contributed by atoms with E-state index in [9.17, 15) is 5.11 Å². The standard InChI is InChI=1S/C16H23NO2/c1-19-16-7-2-11(8-15(16)18)9-17-10-14(12-3-4-12)13-5-6-13/h2,7-8,12-14,17-18H,3-6,9-10H2,1H3. The number of hydrogen-bond donors (Lipinski definition) is 2. The van der Waals surface area contributed by atoms with Crippen LogP contribution >= 0.6 is 0 Å². The molecule has 2 aliphatic carbocycles. The molecule has 0 spiro atoms. The average molecular weight is 261 g/mol. The highest BCUT2D eigenvalue weighted by atomic mass is 16.5. The van der Waals surface area contributed by atoms with Crippen LogP contribution in [0.3, 0.4) is 0 Å². The molecule has 19 heavy (non-hydrogen) atoms. The van der Waals surface area contributed by atoms with Gasteiger partial charge in [0.05, 0.1) is 7.11 Å². The molecule has 0 radical (unpaired) electrons. The fraction of sp³-hybridized carbons (Fsp3) is 0.625. The molecule has 0 aromatic heterocycles. The molecule has 2 saturated carbocycles. The molecular weight excluding hydrogens is 238 g/mol. The first-order chi connectivity index (χ1) is 9.28. The molecule has 104 valence electrons. The number of benzene rings is 1. The van der Waals surface area contributed by atoms with Crippen LogP contribution in [0.25, 0.3) is 0 Å². The highest BCUT2D eigenvalue weighted by molar-refractivity contribution is 5.41. The second-order valence-corrected chi connectivity index (χ2v) is 5.98. The maximum atomic E-state index is 9.74. The van der Waals surface area contributed by atoms with Gasteiger partial charge in [-0.1, -0.05) is 6.07 Å². The summed E-state index contributed by atoms with van der Waals surface area (Å²) < 4.78 is 5.05. The van der Waals surface area contributed by atoms with Crippen LogP contribution in [0.5, 0.6) is 11.5 Å². The zero-order chi connectivity index (χ0) is 13.2. The summed E-state index contributed by atoms with van der Waals surface area (Å²) in [6, 6.07) is 5.62. The highest BCUT2D eigenvalue weighted by Crippen LogP contribution is 2.48. The zero-order valence-corrected chi connectivity index (χ0v) is 11.6. The molecule has 0 bridgehead atoms. The lowest BCUT2D eigenvalue weighted by atomic mass is 9.98. The van der Waals surface area contributed by atoms with Gasteiger partial charge in [0.15, 0.2) is 11.5 Å². The van der Waals surface area contributed by atoms with E-state index in [1.165, 1.54) is 25.7 Å². The molecule has 3 nitrogen and oxygen atoms in total. The van der Waals surface area contributed by atoms with E-state index in [4.69, 9.17) is 4.74 Å². The molecule has 0 unspecified atom stereocenters. The number of phenolic OH excluding ortho intramolecular Hbond substituents is 1. The largest absolute Gasteiger partial charge is 0.504 e. The minimum atomic E-state index is 0.225. The molecule has 0 saturated heterocycles. The quantitative estimate of drug-likeness (QED) is 0.793. The minimum Gasteiger partial charge on any atom is -0.504 e. The summed E-state index contributed by atoms with van der Waals surface area (Å²) in [5.41, 5.74) is 1.11. The lowest BCUT2D eigenvalue weighted by Gasteiger charge is -2.16. The Bertz CT molecular complexity index is 426. The maximum Gasteiger partial charge on any atom is 0.160 e. The first-order valence-corrected chi connectivity index (χ1v) is 7.34. The van der Waals surface area contributed by atoms with Crippen molar-refractivity contribution in [3.05, 3.63) is 23.8 Å². The fourth-order valence-electron chi connectivity index (χ4n) is 3.00. The number of hydrogen-bond acceptors (Lipinski definition) is 3. The van der Waals surface area contributed by atoms with Crippen LogP contribution in [0.2, 0.25) is 0 Å². The number of rotatable bonds is 7. The van der Waals surface area contributed by atoms with Crippen LogP contribution in [0.4, 0.5) is 0 Å². The van der Waals surface area contributed by atoms with E-state index in [0.717, 1.165) is 36.4 Å². The van der Waals surface area contributed by atoms with Crippen molar-refractivity contribution in [3.63, 3.8) is 0 Å². The van der Waals surface area contributed by atoms with Crippen LogP contribution in [0.15, 0.2) is 18.2 Å². The normalized spacial score (nSPS) is 18.8. The SMILES string of the molecule is COc1ccc(CNCC(C2CC2)C2CC2)cc1O. The van der Waals surface area contributed by atoms with Crippen LogP contribution in [-0.4, -0.2) is 18.8 Å². The lowest BCUT2D eigenvalue weighted by Crippen LogP contribution is -2.25. The molecule has 2 N–H and O–H groups in total. The van der Waals surface area contributed by atoms with E-state index in [1.54, 1.807) is 13.2 Å². The Labute approximate surface area is 115 Å². The predicted octanol–water partition coefficient (Wildman–Crippen LogP) is 2.93. The van der Waals surface area contributed by atoms with Gasteiger partial charge in [0.25, 0.3) is 0 Å². The highest BCUT2D eigenvalue weighted by Gasteiger charge is 2.40. The Kier molecular flexibility index (Phi) is 3.65. The summed E-state index contributed by atoms with van der Waals surface area (Å²) in [6.45, 7) is 1.95. The van der Waals surface area contributed by atoms with Gasteiger partial charge in [0, 0.05) is 6.54 Å². The third-order valence-corrected chi connectivity index (χ3v) is 4.41. The second-order valence-electron chi connectivity index (χ2n) is 5.98. The van der Waals surface area contributed by atoms with Gasteiger partial charge in [0.1, 0.15) is 0 Å². The van der Waals surface area contributed by atoms with Crippen molar-refractivity contribution in [3.8, 4) is 11.5 Å². The first-order valence-electron chi connectivity index (χ1n) is 7.34. The van der Waals surface area contributed by atoms with Crippen molar-refractivity contribution in [1.82, 2.24) is 5.32 Å². The maximum absolute atomic E-state index is 9.74. The van der Waals surface area contributed by atoms with E-state index in [-0.39, 0.29) is 5.75 Å². The number of aromatic hydroxyl groups is 1. The fourth-order valence-corrected chi connectivity index (χ4v) is 3.00. The van der Waals surface area contributed by atoms with Crippen molar-refractivity contribution in [2.24, 2.45) is 17.8 Å². The van der Waals surface area contributed by atoms with Gasteiger partial charge >= 0.3 is 0 Å². The molecule has 2 fully saturated rings. The summed E-state index contributed by atoms with van der Waals surface area (Å²) >= 11 is 0. The summed E-state index contributed by atoms with van der Waals surface area (Å²) in [6.07, 6.45) is 5.75. The molecule has 0 amide bonds. The van der Waals surface area contributed by atoms with Crippen molar-refractivity contribution in [1.29, 1.82) is 0 Å². The van der Waals surface area contributed by atoms with E-state index in [2.05, 4.69) is 5.32 Å². The van der Waals surface area contributed by atoms with Crippen molar-refractivity contribution in [2.45, 2.75) is 32.2 Å². The van der Waals surface area contributed by atoms with Gasteiger partial charge in [-0.05, 0) is 67.7 Å². The van der Waals surface area contributed by atoms with Gasteiger partial charge in [-0.3, -0.25) is 0 Å². The van der Waals surface area contributed by atoms with Gasteiger partial charge in [-0.25, -0.2) is 0 Å². The van der Waals surface area contributed by atoms with Crippen LogP contribution < -0.4 is 10.1 Å². The Morgan fingerprint density at radius 3 is 2.47 bits per heavy atom. The van der Waals surface area contributed by atoms with Gasteiger partial charge < -0.3 is 15.2 Å². The smallest absolute Gasteiger partial charge is 0.160 e. The summed E-state index contributed by atoms with van der Waals surface area (Å²) in [5.74, 6) is 3.64. The van der Waals surface area contributed by atoms with E-state index in [0.29, 0.717) is 5.75 Å². The number of nitrogens with one attached hydrogen (secondary N) is 1. The Morgan fingerprint density at radius 1 is 1.26 bits per heavy atom. The number of phenols is 1. The Morgan fingerprint density at radius 2 is 1.95 bits per heavy atom. The molecule has 3 rings (SSSR count). The summed E-state index contributed by atoms with van der Waals surface area (Å²) in [5, 5.41) is 13.3. The number of methoxy groups -OCH3 is 1. The van der Waals surface area contributed by atoms with Crippen LogP contribution in [-0.2, 0) is 6.54 Å². The van der Waals surface area contributed by atoms with Gasteiger partial charge in [-0.15, -0.1) is 0 Å². The molecule has 2 aliphatic rings. The van der Waals surface area contributed by atoms with Crippen LogP contribution in [0, 0.1) is 17.8 Å². The third kappa shape index (κ3) is 3.21. The van der Waals surface area contributed by atoms with Crippen LogP contribution in [0.1, 0.15) is 31.2 Å². The van der Waals surface area contributed by atoms with Gasteiger partial charge in [-0.2, -0.15) is 0 Å². The summed E-state index contributed by atoms with van der Waals surface area (Å²) in [4.78, 5) is 0. The van der Waals surface area contributed by atoms with Crippen molar-refractivity contribution < 1.29 is 9.84 Å². The van der Waals surface area contributed by atoms with E-state index in [1.807, 2.05) is 12.1 Å². The predicted molar refractivity (Wildman–Crippen MR) is 75.3 cm³/mol. The Balaban J connectivity index is 1.49. The summed E-state index contributed by atoms with van der Waals surface area (Å²) in [7, 11) is 1.57. The van der Waals surface area contributed by atoms with E-state index < -0.39 is 0 Å². The molecule has 1 aromatic rings. The van der Waals surface area contributed by atoms with Crippen molar-refractivity contribution in [2.75, 3.05) is 13.7 Å². The first kappa shape index (κ1) is 12.8. The molecular formula is C16H23NO2. The van der Waals surface area contributed by atoms with E-state index >= 15 is 0 Å². The second kappa shape index (κ2) is 5.41.